The highest BCUT2D eigenvalue weighted by atomic mass is 32.2. The molecule has 0 bridgehead atoms. The number of carbonyl (C=O) groups excluding carboxylic acids is 1. The summed E-state index contributed by atoms with van der Waals surface area (Å²) >= 11 is 1.40. The van der Waals surface area contributed by atoms with Crippen LogP contribution in [0.4, 0.5) is 0 Å². The van der Waals surface area contributed by atoms with Crippen LogP contribution in [0.1, 0.15) is 39.5 Å². The lowest BCUT2D eigenvalue weighted by molar-refractivity contribution is -0.119. The van der Waals surface area contributed by atoms with E-state index in [0.717, 1.165) is 29.4 Å². The first-order valence-electron chi connectivity index (χ1n) is 8.33. The molecule has 0 aliphatic heterocycles. The maximum atomic E-state index is 12.0. The molecule has 0 aliphatic rings. The van der Waals surface area contributed by atoms with E-state index in [1.807, 2.05) is 23.7 Å². The Hall–Kier alpha value is -1.89. The van der Waals surface area contributed by atoms with Gasteiger partial charge in [0.2, 0.25) is 5.91 Å². The fourth-order valence-corrected chi connectivity index (χ4v) is 3.13. The highest BCUT2D eigenvalue weighted by Gasteiger charge is 2.13. The lowest BCUT2D eigenvalue weighted by Gasteiger charge is -2.13. The number of carbonyl (C=O) groups is 1. The molecule has 0 radical (unpaired) electrons. The van der Waals surface area contributed by atoms with Gasteiger partial charge in [-0.3, -0.25) is 9.78 Å². The summed E-state index contributed by atoms with van der Waals surface area (Å²) in [7, 11) is 1.90. The van der Waals surface area contributed by atoms with Gasteiger partial charge in [0.25, 0.3) is 0 Å². The molecule has 7 heteroatoms. The van der Waals surface area contributed by atoms with Crippen molar-refractivity contribution in [2.45, 2.75) is 50.7 Å². The van der Waals surface area contributed by atoms with Gasteiger partial charge in [0.05, 0.1) is 5.75 Å². The van der Waals surface area contributed by atoms with Crippen molar-refractivity contribution in [3.8, 4) is 11.4 Å². The topological polar surface area (TPSA) is 72.7 Å². The standard InChI is InChI=1S/C17H25N5OS/c1-4-5-6-8-13(2)19-15(23)12-24-17-21-20-16(22(17)3)14-9-7-10-18-11-14/h7,9-11,13H,4-6,8,12H2,1-3H3,(H,19,23). The van der Waals surface area contributed by atoms with E-state index in [4.69, 9.17) is 0 Å². The molecule has 0 aliphatic carbocycles. The Labute approximate surface area is 147 Å². The van der Waals surface area contributed by atoms with Crippen LogP contribution in [0, 0.1) is 0 Å². The molecule has 0 fully saturated rings. The zero-order chi connectivity index (χ0) is 17.4. The van der Waals surface area contributed by atoms with Gasteiger partial charge in [-0.25, -0.2) is 0 Å². The average molecular weight is 347 g/mol. The number of hydrogen-bond donors (Lipinski definition) is 1. The quantitative estimate of drug-likeness (QED) is 0.557. The smallest absolute Gasteiger partial charge is 0.230 e. The van der Waals surface area contributed by atoms with Crippen LogP contribution in [-0.4, -0.2) is 37.5 Å². The van der Waals surface area contributed by atoms with Gasteiger partial charge in [-0.2, -0.15) is 0 Å². The fraction of sp³-hybridized carbons (Fsp3) is 0.529. The predicted octanol–water partition coefficient (Wildman–Crippen LogP) is 3.05. The Balaban J connectivity index is 1.84. The van der Waals surface area contributed by atoms with Crippen LogP contribution >= 0.6 is 11.8 Å². The van der Waals surface area contributed by atoms with E-state index >= 15 is 0 Å². The molecular weight excluding hydrogens is 322 g/mol. The Bertz CT molecular complexity index is 644. The van der Waals surface area contributed by atoms with Gasteiger partial charge in [-0.15, -0.1) is 10.2 Å². The first-order chi connectivity index (χ1) is 11.6. The van der Waals surface area contributed by atoms with E-state index in [9.17, 15) is 4.79 Å². The molecule has 1 N–H and O–H groups in total. The van der Waals surface area contributed by atoms with Crippen LogP contribution in [0.5, 0.6) is 0 Å². The summed E-state index contributed by atoms with van der Waals surface area (Å²) in [5.74, 6) is 1.13. The van der Waals surface area contributed by atoms with Crippen molar-refractivity contribution in [2.75, 3.05) is 5.75 Å². The van der Waals surface area contributed by atoms with Gasteiger partial charge < -0.3 is 9.88 Å². The summed E-state index contributed by atoms with van der Waals surface area (Å²) in [5.41, 5.74) is 0.911. The van der Waals surface area contributed by atoms with Gasteiger partial charge in [-0.1, -0.05) is 37.9 Å². The third kappa shape index (κ3) is 5.33. The minimum absolute atomic E-state index is 0.0370. The van der Waals surface area contributed by atoms with E-state index in [1.54, 1.807) is 12.4 Å². The first kappa shape index (κ1) is 18.4. The lowest BCUT2D eigenvalue weighted by Crippen LogP contribution is -2.33. The van der Waals surface area contributed by atoms with Crippen LogP contribution in [0.2, 0.25) is 0 Å². The molecule has 0 spiro atoms. The largest absolute Gasteiger partial charge is 0.353 e. The lowest BCUT2D eigenvalue weighted by atomic mass is 10.1. The van der Waals surface area contributed by atoms with Gasteiger partial charge in [0, 0.05) is 31.0 Å². The molecule has 6 nitrogen and oxygen atoms in total. The highest BCUT2D eigenvalue weighted by molar-refractivity contribution is 7.99. The molecule has 0 saturated heterocycles. The zero-order valence-corrected chi connectivity index (χ0v) is 15.3. The summed E-state index contributed by atoms with van der Waals surface area (Å²) in [5, 5.41) is 12.1. The molecule has 130 valence electrons. The molecule has 0 aromatic carbocycles. The van der Waals surface area contributed by atoms with Crippen LogP contribution < -0.4 is 5.32 Å². The molecule has 24 heavy (non-hydrogen) atoms. The Morgan fingerprint density at radius 2 is 2.21 bits per heavy atom. The minimum atomic E-state index is 0.0370. The number of nitrogens with zero attached hydrogens (tertiary/aromatic N) is 4. The summed E-state index contributed by atoms with van der Waals surface area (Å²) in [4.78, 5) is 16.1. The number of unbranched alkanes of at least 4 members (excludes halogenated alkanes) is 2. The maximum absolute atomic E-state index is 12.0. The van der Waals surface area contributed by atoms with Crippen molar-refractivity contribution in [1.82, 2.24) is 25.1 Å². The predicted molar refractivity (Wildman–Crippen MR) is 96.7 cm³/mol. The number of nitrogens with one attached hydrogen (secondary N) is 1. The fourth-order valence-electron chi connectivity index (χ4n) is 2.41. The number of amides is 1. The summed E-state index contributed by atoms with van der Waals surface area (Å²) in [6.45, 7) is 4.24. The second-order valence-electron chi connectivity index (χ2n) is 5.86. The monoisotopic (exact) mass is 347 g/mol. The maximum Gasteiger partial charge on any atom is 0.230 e. The number of thioether (sulfide) groups is 1. The van der Waals surface area contributed by atoms with Gasteiger partial charge in [0.15, 0.2) is 11.0 Å². The molecule has 1 atom stereocenters. The second kappa shape index (κ2) is 9.42. The van der Waals surface area contributed by atoms with Crippen molar-refractivity contribution >= 4 is 17.7 Å². The van der Waals surface area contributed by atoms with Crippen molar-refractivity contribution in [3.63, 3.8) is 0 Å². The van der Waals surface area contributed by atoms with Gasteiger partial charge in [-0.05, 0) is 25.5 Å². The highest BCUT2D eigenvalue weighted by Crippen LogP contribution is 2.21. The molecule has 0 saturated carbocycles. The van der Waals surface area contributed by atoms with E-state index in [1.165, 1.54) is 24.6 Å². The molecule has 1 unspecified atom stereocenters. The molecule has 1 amide bonds. The minimum Gasteiger partial charge on any atom is -0.353 e. The van der Waals surface area contributed by atoms with E-state index in [0.29, 0.717) is 5.75 Å². The van der Waals surface area contributed by atoms with Crippen LogP contribution in [0.15, 0.2) is 29.7 Å². The zero-order valence-electron chi connectivity index (χ0n) is 14.5. The Morgan fingerprint density at radius 3 is 2.92 bits per heavy atom. The SMILES string of the molecule is CCCCCC(C)NC(=O)CSc1nnc(-c2cccnc2)n1C. The average Bonchev–Trinajstić information content (AvgIpc) is 2.95. The number of hydrogen-bond acceptors (Lipinski definition) is 5. The summed E-state index contributed by atoms with van der Waals surface area (Å²) in [6, 6.07) is 4.02. The number of aromatic nitrogens is 4. The van der Waals surface area contributed by atoms with Crippen molar-refractivity contribution in [1.29, 1.82) is 0 Å². The van der Waals surface area contributed by atoms with Crippen molar-refractivity contribution < 1.29 is 4.79 Å². The van der Waals surface area contributed by atoms with E-state index in [-0.39, 0.29) is 11.9 Å². The first-order valence-corrected chi connectivity index (χ1v) is 9.32. The number of rotatable bonds is 9. The van der Waals surface area contributed by atoms with Crippen LogP contribution in [0.3, 0.4) is 0 Å². The summed E-state index contributed by atoms with van der Waals surface area (Å²) in [6.07, 6.45) is 8.07. The molecular formula is C17H25N5OS. The third-order valence-corrected chi connectivity index (χ3v) is 4.76. The molecule has 2 aromatic rings. The van der Waals surface area contributed by atoms with Gasteiger partial charge >= 0.3 is 0 Å². The Morgan fingerprint density at radius 1 is 1.38 bits per heavy atom. The normalized spacial score (nSPS) is 12.1. The summed E-state index contributed by atoms with van der Waals surface area (Å²) < 4.78 is 1.89. The Kier molecular flexibility index (Phi) is 7.24. The molecule has 2 rings (SSSR count). The molecule has 2 aromatic heterocycles. The van der Waals surface area contributed by atoms with Crippen molar-refractivity contribution in [3.05, 3.63) is 24.5 Å². The van der Waals surface area contributed by atoms with E-state index < -0.39 is 0 Å². The van der Waals surface area contributed by atoms with Crippen LogP contribution in [0.25, 0.3) is 11.4 Å². The van der Waals surface area contributed by atoms with E-state index in [2.05, 4.69) is 34.3 Å². The molecule has 2 heterocycles. The second-order valence-corrected chi connectivity index (χ2v) is 6.80. The number of pyridine rings is 1. The van der Waals surface area contributed by atoms with Crippen molar-refractivity contribution in [2.24, 2.45) is 7.05 Å². The van der Waals surface area contributed by atoms with Crippen LogP contribution in [-0.2, 0) is 11.8 Å². The third-order valence-electron chi connectivity index (χ3n) is 3.74. The van der Waals surface area contributed by atoms with Gasteiger partial charge in [0.1, 0.15) is 0 Å².